The molecule has 0 atom stereocenters. The SMILES string of the molecule is O=C(O)c1ccccc1.[Cl-].[Cl-].[Mg+2]. The number of aromatic carboxylic acids is 1. The van der Waals surface area contributed by atoms with E-state index in [-0.39, 0.29) is 47.9 Å². The Labute approximate surface area is 99.3 Å². The maximum Gasteiger partial charge on any atom is 2.00 e. The van der Waals surface area contributed by atoms with Gasteiger partial charge in [0.25, 0.3) is 0 Å². The van der Waals surface area contributed by atoms with Crippen LogP contribution in [0.3, 0.4) is 0 Å². The molecule has 0 aliphatic carbocycles. The topological polar surface area (TPSA) is 37.3 Å². The van der Waals surface area contributed by atoms with Crippen molar-refractivity contribution in [2.45, 2.75) is 0 Å². The van der Waals surface area contributed by atoms with Crippen molar-refractivity contribution in [1.82, 2.24) is 0 Å². The third-order valence-electron chi connectivity index (χ3n) is 1.02. The monoisotopic (exact) mass is 216 g/mol. The molecular weight excluding hydrogens is 211 g/mol. The van der Waals surface area contributed by atoms with Crippen LogP contribution in [0, 0.1) is 0 Å². The molecule has 0 heterocycles. The van der Waals surface area contributed by atoms with Crippen LogP contribution in [-0.2, 0) is 0 Å². The van der Waals surface area contributed by atoms with Crippen molar-refractivity contribution >= 4 is 29.0 Å². The van der Waals surface area contributed by atoms with Crippen molar-refractivity contribution in [2.24, 2.45) is 0 Å². The van der Waals surface area contributed by atoms with Crippen LogP contribution in [0.4, 0.5) is 0 Å². The van der Waals surface area contributed by atoms with Gasteiger partial charge in [-0.2, -0.15) is 0 Å². The zero-order chi connectivity index (χ0) is 6.69. The second kappa shape index (κ2) is 9.13. The van der Waals surface area contributed by atoms with E-state index in [4.69, 9.17) is 5.11 Å². The van der Waals surface area contributed by atoms with E-state index < -0.39 is 5.97 Å². The van der Waals surface area contributed by atoms with Gasteiger partial charge in [0.15, 0.2) is 0 Å². The molecule has 0 saturated carbocycles. The summed E-state index contributed by atoms with van der Waals surface area (Å²) in [6, 6.07) is 8.30. The molecule has 0 amide bonds. The van der Waals surface area contributed by atoms with E-state index in [1.54, 1.807) is 30.3 Å². The standard InChI is InChI=1S/C7H6O2.2ClH.Mg/c8-7(9)6-4-2-1-3-5-6;;;/h1-5H,(H,8,9);2*1H;/q;;;+2/p-2. The summed E-state index contributed by atoms with van der Waals surface area (Å²) in [4.78, 5) is 10.2. The Morgan fingerprint density at radius 1 is 1.08 bits per heavy atom. The number of carboxylic acid groups (broad SMARTS) is 1. The Morgan fingerprint density at radius 2 is 1.50 bits per heavy atom. The summed E-state index contributed by atoms with van der Waals surface area (Å²) in [5, 5.41) is 8.38. The molecule has 62 valence electrons. The Balaban J connectivity index is -0.000000270. The van der Waals surface area contributed by atoms with E-state index in [2.05, 4.69) is 0 Å². The van der Waals surface area contributed by atoms with Crippen molar-refractivity contribution in [2.75, 3.05) is 0 Å². The van der Waals surface area contributed by atoms with Crippen LogP contribution in [0.1, 0.15) is 10.4 Å². The van der Waals surface area contributed by atoms with Gasteiger partial charge in [0, 0.05) is 0 Å². The molecule has 0 saturated heterocycles. The van der Waals surface area contributed by atoms with Crippen molar-refractivity contribution in [3.8, 4) is 0 Å². The quantitative estimate of drug-likeness (QED) is 0.479. The van der Waals surface area contributed by atoms with Crippen LogP contribution in [-0.4, -0.2) is 34.1 Å². The Bertz CT molecular complexity index is 216. The van der Waals surface area contributed by atoms with Crippen LogP contribution >= 0.6 is 0 Å². The van der Waals surface area contributed by atoms with E-state index >= 15 is 0 Å². The third kappa shape index (κ3) is 5.66. The van der Waals surface area contributed by atoms with Gasteiger partial charge in [-0.25, -0.2) is 4.79 Å². The molecule has 0 aromatic heterocycles. The molecule has 0 unspecified atom stereocenters. The van der Waals surface area contributed by atoms with Gasteiger partial charge in [-0.3, -0.25) is 0 Å². The second-order valence-electron chi connectivity index (χ2n) is 1.67. The zero-order valence-electron chi connectivity index (χ0n) is 6.21. The average molecular weight is 217 g/mol. The van der Waals surface area contributed by atoms with Gasteiger partial charge in [-0.1, -0.05) is 18.2 Å². The molecule has 0 spiro atoms. The maximum atomic E-state index is 10.2. The molecule has 1 aromatic carbocycles. The smallest absolute Gasteiger partial charge is 1.00 e. The molecule has 0 fully saturated rings. The van der Waals surface area contributed by atoms with Gasteiger partial charge in [-0.05, 0) is 12.1 Å². The number of hydrogen-bond donors (Lipinski definition) is 1. The number of benzene rings is 1. The number of halogens is 2. The first-order chi connectivity index (χ1) is 4.30. The predicted octanol–water partition coefficient (Wildman–Crippen LogP) is -4.99. The van der Waals surface area contributed by atoms with Crippen LogP contribution < -0.4 is 24.8 Å². The fourth-order valence-electron chi connectivity index (χ4n) is 0.581. The normalized spacial score (nSPS) is 6.67. The largest absolute Gasteiger partial charge is 2.00 e. The molecule has 0 aliphatic rings. The molecule has 1 rings (SSSR count). The van der Waals surface area contributed by atoms with E-state index in [0.717, 1.165) is 0 Å². The molecule has 12 heavy (non-hydrogen) atoms. The fraction of sp³-hybridized carbons (Fsp3) is 0. The van der Waals surface area contributed by atoms with Gasteiger partial charge < -0.3 is 29.9 Å². The summed E-state index contributed by atoms with van der Waals surface area (Å²) < 4.78 is 0. The van der Waals surface area contributed by atoms with E-state index in [9.17, 15) is 4.79 Å². The van der Waals surface area contributed by atoms with Gasteiger partial charge in [-0.15, -0.1) is 0 Å². The van der Waals surface area contributed by atoms with Crippen molar-refractivity contribution in [1.29, 1.82) is 0 Å². The summed E-state index contributed by atoms with van der Waals surface area (Å²) in [7, 11) is 0. The Hall–Kier alpha value is 0.0362. The minimum Gasteiger partial charge on any atom is -1.00 e. The summed E-state index contributed by atoms with van der Waals surface area (Å²) in [6.45, 7) is 0. The number of rotatable bonds is 1. The van der Waals surface area contributed by atoms with Gasteiger partial charge >= 0.3 is 29.0 Å². The number of hydrogen-bond acceptors (Lipinski definition) is 1. The maximum absolute atomic E-state index is 10.2. The molecular formula is C7H6Cl2MgO2. The van der Waals surface area contributed by atoms with Gasteiger partial charge in [0.05, 0.1) is 5.56 Å². The minimum absolute atomic E-state index is 0. The fourth-order valence-corrected chi connectivity index (χ4v) is 0.581. The average Bonchev–Trinajstić information content (AvgIpc) is 1.90. The molecule has 0 radical (unpaired) electrons. The molecule has 0 aliphatic heterocycles. The summed E-state index contributed by atoms with van der Waals surface area (Å²) >= 11 is 0. The van der Waals surface area contributed by atoms with Crippen LogP contribution in [0.15, 0.2) is 30.3 Å². The van der Waals surface area contributed by atoms with Gasteiger partial charge in [0.1, 0.15) is 0 Å². The van der Waals surface area contributed by atoms with Crippen LogP contribution in [0.5, 0.6) is 0 Å². The molecule has 1 N–H and O–H groups in total. The third-order valence-corrected chi connectivity index (χ3v) is 1.02. The molecule has 2 nitrogen and oxygen atoms in total. The Kier molecular flexibility index (Phi) is 13.7. The van der Waals surface area contributed by atoms with Crippen molar-refractivity contribution < 1.29 is 34.7 Å². The zero-order valence-corrected chi connectivity index (χ0v) is 9.13. The first-order valence-corrected chi connectivity index (χ1v) is 2.59. The van der Waals surface area contributed by atoms with E-state index in [1.165, 1.54) is 0 Å². The number of carboxylic acids is 1. The summed E-state index contributed by atoms with van der Waals surface area (Å²) in [6.07, 6.45) is 0. The second-order valence-corrected chi connectivity index (χ2v) is 1.67. The van der Waals surface area contributed by atoms with E-state index in [0.29, 0.717) is 5.56 Å². The van der Waals surface area contributed by atoms with Crippen LogP contribution in [0.2, 0.25) is 0 Å². The van der Waals surface area contributed by atoms with Gasteiger partial charge in [0.2, 0.25) is 0 Å². The molecule has 5 heteroatoms. The summed E-state index contributed by atoms with van der Waals surface area (Å²) in [5.74, 6) is -0.879. The first kappa shape index (κ1) is 18.0. The van der Waals surface area contributed by atoms with E-state index in [1.807, 2.05) is 0 Å². The van der Waals surface area contributed by atoms with Crippen molar-refractivity contribution in [3.05, 3.63) is 35.9 Å². The van der Waals surface area contributed by atoms with Crippen LogP contribution in [0.25, 0.3) is 0 Å². The van der Waals surface area contributed by atoms with Crippen molar-refractivity contribution in [3.63, 3.8) is 0 Å². The Morgan fingerprint density at radius 3 is 1.75 bits per heavy atom. The summed E-state index contributed by atoms with van der Waals surface area (Å²) in [5.41, 5.74) is 0.331. The molecule has 1 aromatic rings. The predicted molar refractivity (Wildman–Crippen MR) is 39.2 cm³/mol. The number of carbonyl (C=O) groups is 1. The minimum atomic E-state index is -0.879. The first-order valence-electron chi connectivity index (χ1n) is 2.59. The molecule has 0 bridgehead atoms.